The van der Waals surface area contributed by atoms with Crippen LogP contribution in [-0.2, 0) is 11.3 Å². The van der Waals surface area contributed by atoms with Gasteiger partial charge in [0.25, 0.3) is 0 Å². The van der Waals surface area contributed by atoms with Gasteiger partial charge in [0.2, 0.25) is 0 Å². The van der Waals surface area contributed by atoms with Crippen LogP contribution in [0.1, 0.15) is 12.8 Å². The molecule has 100 valence electrons. The molecule has 0 amide bonds. The van der Waals surface area contributed by atoms with Crippen LogP contribution < -0.4 is 0 Å². The second-order valence-electron chi connectivity index (χ2n) is 4.75. The number of carbonyl (C=O) groups is 1. The number of hydrogen-bond acceptors (Lipinski definition) is 4. The summed E-state index contributed by atoms with van der Waals surface area (Å²) in [4.78, 5) is 12.8. The molecule has 0 bridgehead atoms. The molecule has 0 spiro atoms. The number of nitrogens with zero attached hydrogens (tertiary/aromatic N) is 3. The van der Waals surface area contributed by atoms with Gasteiger partial charge >= 0.3 is 0 Å². The maximum atomic E-state index is 10.8. The van der Waals surface area contributed by atoms with E-state index in [9.17, 15) is 4.79 Å². The van der Waals surface area contributed by atoms with Gasteiger partial charge in [-0.25, -0.2) is 0 Å². The lowest BCUT2D eigenvalue weighted by Gasteiger charge is -2.34. The monoisotopic (exact) mass is 315 g/mol. The molecule has 1 unspecified atom stereocenters. The lowest BCUT2D eigenvalue weighted by molar-refractivity contribution is -0.114. The molecule has 1 aromatic heterocycles. The Bertz CT molecular complexity index is 388. The summed E-state index contributed by atoms with van der Waals surface area (Å²) >= 11 is 3.39. The van der Waals surface area contributed by atoms with E-state index in [1.807, 2.05) is 10.9 Å². The van der Waals surface area contributed by atoms with Crippen molar-refractivity contribution in [2.45, 2.75) is 25.4 Å². The Morgan fingerprint density at radius 2 is 2.28 bits per heavy atom. The van der Waals surface area contributed by atoms with E-state index < -0.39 is 0 Å². The number of aromatic nitrogens is 2. The van der Waals surface area contributed by atoms with E-state index in [-0.39, 0.29) is 12.6 Å². The molecule has 6 heteroatoms. The molecule has 1 aliphatic heterocycles. The summed E-state index contributed by atoms with van der Waals surface area (Å²) in [6, 6.07) is -0.329. The largest absolute Gasteiger partial charge is 0.394 e. The fraction of sp³-hybridized carbons (Fsp3) is 0.667. The van der Waals surface area contributed by atoms with E-state index in [1.165, 1.54) is 0 Å². The van der Waals surface area contributed by atoms with Gasteiger partial charge in [-0.15, -0.1) is 0 Å². The van der Waals surface area contributed by atoms with E-state index in [0.29, 0.717) is 5.92 Å². The summed E-state index contributed by atoms with van der Waals surface area (Å²) in [7, 11) is 0. The van der Waals surface area contributed by atoms with Crippen LogP contribution in [-0.4, -0.2) is 51.8 Å². The molecule has 0 aromatic carbocycles. The van der Waals surface area contributed by atoms with Crippen LogP contribution in [0.4, 0.5) is 0 Å². The zero-order valence-corrected chi connectivity index (χ0v) is 11.8. The predicted molar refractivity (Wildman–Crippen MR) is 71.2 cm³/mol. The smallest absolute Gasteiger partial charge is 0.139 e. The van der Waals surface area contributed by atoms with Gasteiger partial charge in [-0.3, -0.25) is 9.58 Å². The van der Waals surface area contributed by atoms with Crippen molar-refractivity contribution in [3.63, 3.8) is 0 Å². The molecule has 1 aromatic rings. The number of aldehydes is 1. The third kappa shape index (κ3) is 3.40. The lowest BCUT2D eigenvalue weighted by atomic mass is 9.96. The van der Waals surface area contributed by atoms with Crippen LogP contribution >= 0.6 is 15.9 Å². The second kappa shape index (κ2) is 6.45. The average molecular weight is 316 g/mol. The van der Waals surface area contributed by atoms with E-state index in [4.69, 9.17) is 5.11 Å². The van der Waals surface area contributed by atoms with Crippen LogP contribution in [0.2, 0.25) is 0 Å². The molecule has 1 saturated heterocycles. The molecule has 18 heavy (non-hydrogen) atoms. The highest BCUT2D eigenvalue weighted by atomic mass is 79.9. The third-order valence-electron chi connectivity index (χ3n) is 3.51. The van der Waals surface area contributed by atoms with Crippen molar-refractivity contribution in [3.05, 3.63) is 16.9 Å². The fourth-order valence-electron chi connectivity index (χ4n) is 2.41. The van der Waals surface area contributed by atoms with Gasteiger partial charge in [0.05, 0.1) is 23.3 Å². The number of aliphatic hydroxyl groups excluding tert-OH is 1. The number of piperidine rings is 1. The first-order valence-electron chi connectivity index (χ1n) is 6.21. The Kier molecular flexibility index (Phi) is 4.91. The number of carbonyl (C=O) groups excluding carboxylic acids is 1. The summed E-state index contributed by atoms with van der Waals surface area (Å²) in [6.45, 7) is 2.58. The van der Waals surface area contributed by atoms with Gasteiger partial charge in [-0.2, -0.15) is 5.10 Å². The van der Waals surface area contributed by atoms with E-state index in [2.05, 4.69) is 25.9 Å². The maximum Gasteiger partial charge on any atom is 0.139 e. The number of aliphatic hydroxyl groups is 1. The number of halogens is 1. The van der Waals surface area contributed by atoms with Crippen LogP contribution in [0.25, 0.3) is 0 Å². The number of rotatable bonds is 5. The molecule has 0 aliphatic carbocycles. The van der Waals surface area contributed by atoms with Gasteiger partial charge < -0.3 is 9.90 Å². The zero-order chi connectivity index (χ0) is 13.0. The Balaban J connectivity index is 1.81. The molecule has 1 N–H and O–H groups in total. The maximum absolute atomic E-state index is 10.8. The van der Waals surface area contributed by atoms with E-state index in [0.717, 1.165) is 43.2 Å². The first kappa shape index (κ1) is 13.7. The molecule has 0 saturated carbocycles. The Hall–Kier alpha value is -0.720. The highest BCUT2D eigenvalue weighted by Crippen LogP contribution is 2.20. The van der Waals surface area contributed by atoms with Crippen molar-refractivity contribution in [3.8, 4) is 0 Å². The number of likely N-dealkylation sites (tertiary alicyclic amines) is 1. The second-order valence-corrected chi connectivity index (χ2v) is 5.66. The average Bonchev–Trinajstić information content (AvgIpc) is 2.78. The van der Waals surface area contributed by atoms with Gasteiger partial charge in [-0.1, -0.05) is 0 Å². The van der Waals surface area contributed by atoms with Crippen LogP contribution in [0.3, 0.4) is 0 Å². The van der Waals surface area contributed by atoms with Crippen LogP contribution in [0.15, 0.2) is 16.9 Å². The summed E-state index contributed by atoms with van der Waals surface area (Å²) in [6.07, 6.45) is 6.70. The van der Waals surface area contributed by atoms with Gasteiger partial charge in [0, 0.05) is 12.7 Å². The Morgan fingerprint density at radius 1 is 1.56 bits per heavy atom. The predicted octanol–water partition coefficient (Wildman–Crippen LogP) is 0.917. The first-order valence-corrected chi connectivity index (χ1v) is 7.00. The highest BCUT2D eigenvalue weighted by molar-refractivity contribution is 9.10. The quantitative estimate of drug-likeness (QED) is 0.821. The molecule has 0 radical (unpaired) electrons. The van der Waals surface area contributed by atoms with Crippen molar-refractivity contribution in [1.82, 2.24) is 14.7 Å². The van der Waals surface area contributed by atoms with Gasteiger partial charge in [0.15, 0.2) is 0 Å². The van der Waals surface area contributed by atoms with Gasteiger partial charge in [0.1, 0.15) is 6.29 Å². The van der Waals surface area contributed by atoms with Crippen molar-refractivity contribution in [2.75, 3.05) is 19.7 Å². The molecule has 1 fully saturated rings. The Labute approximate surface area is 115 Å². The summed E-state index contributed by atoms with van der Waals surface area (Å²) < 4.78 is 2.95. The highest BCUT2D eigenvalue weighted by Gasteiger charge is 2.24. The summed E-state index contributed by atoms with van der Waals surface area (Å²) in [5.41, 5.74) is 0. The molecule has 2 rings (SSSR count). The minimum Gasteiger partial charge on any atom is -0.394 e. The normalized spacial score (nSPS) is 19.9. The molecular weight excluding hydrogens is 298 g/mol. The van der Waals surface area contributed by atoms with Gasteiger partial charge in [-0.05, 0) is 47.8 Å². The van der Waals surface area contributed by atoms with Crippen LogP contribution in [0.5, 0.6) is 0 Å². The molecular formula is C12H18BrN3O2. The van der Waals surface area contributed by atoms with Crippen LogP contribution in [0, 0.1) is 5.92 Å². The third-order valence-corrected chi connectivity index (χ3v) is 3.92. The summed E-state index contributed by atoms with van der Waals surface area (Å²) in [5.74, 6) is 0.596. The lowest BCUT2D eigenvalue weighted by Crippen LogP contribution is -2.44. The Morgan fingerprint density at radius 3 is 2.78 bits per heavy atom. The first-order chi connectivity index (χ1) is 8.72. The summed E-state index contributed by atoms with van der Waals surface area (Å²) in [5, 5.41) is 13.3. The molecule has 1 aliphatic rings. The fourth-order valence-corrected chi connectivity index (χ4v) is 2.74. The zero-order valence-electron chi connectivity index (χ0n) is 10.2. The SMILES string of the molecule is O=CC(CO)N1CCC(Cn2cc(Br)cn2)CC1. The van der Waals surface area contributed by atoms with Crippen molar-refractivity contribution in [2.24, 2.45) is 5.92 Å². The minimum absolute atomic E-state index is 0.0831. The topological polar surface area (TPSA) is 58.4 Å². The minimum atomic E-state index is -0.329. The van der Waals surface area contributed by atoms with Crippen molar-refractivity contribution < 1.29 is 9.90 Å². The number of hydrogen-bond donors (Lipinski definition) is 1. The van der Waals surface area contributed by atoms with Crippen molar-refractivity contribution in [1.29, 1.82) is 0 Å². The van der Waals surface area contributed by atoms with E-state index >= 15 is 0 Å². The van der Waals surface area contributed by atoms with E-state index in [1.54, 1.807) is 6.20 Å². The van der Waals surface area contributed by atoms with Crippen molar-refractivity contribution >= 4 is 22.2 Å². The molecule has 2 heterocycles. The molecule has 5 nitrogen and oxygen atoms in total. The molecule has 1 atom stereocenters. The standard InChI is InChI=1S/C12H18BrN3O2/c13-11-5-14-16(7-11)6-10-1-3-15(4-2-10)12(8-17)9-18/h5,7-8,10,12,18H,1-4,6,9H2.